The van der Waals surface area contributed by atoms with Gasteiger partial charge in [0.25, 0.3) is 0 Å². The van der Waals surface area contributed by atoms with Crippen LogP contribution in [0.2, 0.25) is 0 Å². The van der Waals surface area contributed by atoms with Crippen LogP contribution < -0.4 is 5.43 Å². The van der Waals surface area contributed by atoms with Gasteiger partial charge < -0.3 is 10.1 Å². The van der Waals surface area contributed by atoms with Crippen molar-refractivity contribution >= 4 is 21.8 Å². The van der Waals surface area contributed by atoms with E-state index in [-0.39, 0.29) is 11.2 Å². The Hall–Kier alpha value is -2.81. The second-order valence-corrected chi connectivity index (χ2v) is 6.19. The molecule has 114 valence electrons. The number of rotatable bonds is 0. The minimum absolute atomic E-state index is 0.0987. The lowest BCUT2D eigenvalue weighted by molar-refractivity contribution is 0.466. The van der Waals surface area contributed by atoms with E-state index in [1.165, 1.54) is 0 Å². The highest BCUT2D eigenvalue weighted by Crippen LogP contribution is 2.35. The summed E-state index contributed by atoms with van der Waals surface area (Å²) in [5, 5.41) is 12.3. The van der Waals surface area contributed by atoms with Gasteiger partial charge in [-0.25, -0.2) is 0 Å². The predicted octanol–water partition coefficient (Wildman–Crippen LogP) is 4.42. The summed E-state index contributed by atoms with van der Waals surface area (Å²) >= 11 is 0. The number of phenolic OH excluding ortho intramolecular Hbond substituents is 1. The van der Waals surface area contributed by atoms with Gasteiger partial charge in [-0.15, -0.1) is 0 Å². The second-order valence-electron chi connectivity index (χ2n) is 6.19. The molecule has 0 saturated carbocycles. The number of hydrogen-bond acceptors (Lipinski definition) is 2. The summed E-state index contributed by atoms with van der Waals surface area (Å²) in [6.07, 6.45) is 0. The zero-order chi connectivity index (χ0) is 16.3. The lowest BCUT2D eigenvalue weighted by Gasteiger charge is -2.10. The third-order valence-corrected chi connectivity index (χ3v) is 4.78. The summed E-state index contributed by atoms with van der Waals surface area (Å²) in [4.78, 5) is 16.1. The predicted molar refractivity (Wildman–Crippen MR) is 94.6 cm³/mol. The number of benzene rings is 2. The molecule has 0 aliphatic heterocycles. The van der Waals surface area contributed by atoms with Crippen LogP contribution in [0.3, 0.4) is 0 Å². The number of fused-ring (bicyclic) bond motifs is 4. The van der Waals surface area contributed by atoms with E-state index in [0.29, 0.717) is 11.1 Å². The number of hydrogen-bond donors (Lipinski definition) is 2. The molecular formula is C20H17NO2. The Kier molecular flexibility index (Phi) is 2.76. The maximum absolute atomic E-state index is 12.7. The Labute approximate surface area is 133 Å². The number of para-hydroxylation sites is 1. The fourth-order valence-corrected chi connectivity index (χ4v) is 3.43. The quantitative estimate of drug-likeness (QED) is 0.505. The van der Waals surface area contributed by atoms with E-state index < -0.39 is 0 Å². The molecule has 2 N–H and O–H groups in total. The van der Waals surface area contributed by atoms with Crippen molar-refractivity contribution in [2.75, 3.05) is 0 Å². The Morgan fingerprint density at radius 3 is 2.43 bits per heavy atom. The van der Waals surface area contributed by atoms with E-state index in [1.54, 1.807) is 6.92 Å². The molecule has 2 aliphatic carbocycles. The van der Waals surface area contributed by atoms with E-state index in [9.17, 15) is 9.90 Å². The molecule has 4 rings (SSSR count). The topological polar surface area (TPSA) is 53.1 Å². The number of aromatic amines is 1. The van der Waals surface area contributed by atoms with Crippen molar-refractivity contribution in [3.05, 3.63) is 63.3 Å². The van der Waals surface area contributed by atoms with Crippen LogP contribution in [0.5, 0.6) is 5.75 Å². The van der Waals surface area contributed by atoms with Gasteiger partial charge in [0.1, 0.15) is 5.75 Å². The standard InChI is InChI=1S/C20H17NO2/c1-10-8-14-11(2)19(22)12(3)20(23)16(14)9-15-13-6-4-5-7-17(13)21-18(10)15/h4-9,21-22H,1-3H3. The van der Waals surface area contributed by atoms with E-state index >= 15 is 0 Å². The van der Waals surface area contributed by atoms with Crippen molar-refractivity contribution in [1.82, 2.24) is 4.98 Å². The molecule has 2 aliphatic rings. The van der Waals surface area contributed by atoms with Crippen LogP contribution >= 0.6 is 0 Å². The smallest absolute Gasteiger partial charge is 0.193 e. The van der Waals surface area contributed by atoms with Gasteiger partial charge in [0.05, 0.1) is 0 Å². The highest BCUT2D eigenvalue weighted by molar-refractivity contribution is 6.09. The van der Waals surface area contributed by atoms with Crippen molar-refractivity contribution in [3.63, 3.8) is 0 Å². The maximum atomic E-state index is 12.7. The lowest BCUT2D eigenvalue weighted by atomic mass is 9.95. The highest BCUT2D eigenvalue weighted by atomic mass is 16.3. The normalized spacial score (nSPS) is 11.6. The summed E-state index contributed by atoms with van der Waals surface area (Å²) < 4.78 is 0. The van der Waals surface area contributed by atoms with Crippen molar-refractivity contribution in [1.29, 1.82) is 0 Å². The molecule has 0 saturated heterocycles. The van der Waals surface area contributed by atoms with Gasteiger partial charge in [-0.2, -0.15) is 0 Å². The number of H-pyrrole nitrogens is 1. The summed E-state index contributed by atoms with van der Waals surface area (Å²) in [6, 6.07) is 12.0. The van der Waals surface area contributed by atoms with E-state index in [1.807, 2.05) is 44.2 Å². The molecule has 23 heavy (non-hydrogen) atoms. The van der Waals surface area contributed by atoms with Crippen LogP contribution in [-0.2, 0) is 0 Å². The molecule has 0 spiro atoms. The molecule has 1 heterocycles. The van der Waals surface area contributed by atoms with Crippen LogP contribution in [0.4, 0.5) is 0 Å². The molecule has 3 nitrogen and oxygen atoms in total. The monoisotopic (exact) mass is 303 g/mol. The van der Waals surface area contributed by atoms with Gasteiger partial charge in [0, 0.05) is 32.9 Å². The van der Waals surface area contributed by atoms with Gasteiger partial charge in [0.15, 0.2) is 5.43 Å². The molecule has 1 aromatic carbocycles. The Morgan fingerprint density at radius 1 is 0.913 bits per heavy atom. The summed E-state index contributed by atoms with van der Waals surface area (Å²) in [6.45, 7) is 5.56. The van der Waals surface area contributed by atoms with Crippen molar-refractivity contribution in [2.45, 2.75) is 20.8 Å². The van der Waals surface area contributed by atoms with Crippen LogP contribution in [0.1, 0.15) is 16.7 Å². The number of phenols is 1. The molecule has 0 bridgehead atoms. The molecule has 0 unspecified atom stereocenters. The van der Waals surface area contributed by atoms with Crippen LogP contribution in [0, 0.1) is 20.8 Å². The second kappa shape index (κ2) is 4.59. The SMILES string of the molecule is Cc1c2cc(C)c3[nH]c4ccccc4c3cc-2c(=O)c(C)c1O. The minimum atomic E-state index is -0.106. The van der Waals surface area contributed by atoms with Gasteiger partial charge in [-0.3, -0.25) is 4.79 Å². The van der Waals surface area contributed by atoms with Crippen molar-refractivity contribution < 1.29 is 5.11 Å². The Bertz CT molecular complexity index is 1120. The fourth-order valence-electron chi connectivity index (χ4n) is 3.43. The van der Waals surface area contributed by atoms with E-state index in [4.69, 9.17) is 0 Å². The molecule has 0 atom stereocenters. The van der Waals surface area contributed by atoms with Crippen molar-refractivity contribution in [2.24, 2.45) is 0 Å². The summed E-state index contributed by atoms with van der Waals surface area (Å²) in [5.74, 6) is 0.0987. The van der Waals surface area contributed by atoms with Crippen LogP contribution in [-0.4, -0.2) is 10.1 Å². The average molecular weight is 303 g/mol. The lowest BCUT2D eigenvalue weighted by Crippen LogP contribution is -2.10. The largest absolute Gasteiger partial charge is 0.507 e. The Balaban J connectivity index is 2.33. The number of aryl methyl sites for hydroxylation is 1. The Morgan fingerprint density at radius 2 is 1.65 bits per heavy atom. The van der Waals surface area contributed by atoms with E-state index in [2.05, 4.69) is 11.1 Å². The molecule has 0 radical (unpaired) electrons. The molecule has 2 aromatic rings. The maximum Gasteiger partial charge on any atom is 0.193 e. The third kappa shape index (κ3) is 1.80. The van der Waals surface area contributed by atoms with Gasteiger partial charge in [0.2, 0.25) is 0 Å². The van der Waals surface area contributed by atoms with Crippen LogP contribution in [0.25, 0.3) is 32.9 Å². The molecular weight excluding hydrogens is 286 g/mol. The van der Waals surface area contributed by atoms with Gasteiger partial charge >= 0.3 is 0 Å². The summed E-state index contributed by atoms with van der Waals surface area (Å²) in [7, 11) is 0. The number of aromatic nitrogens is 1. The number of nitrogens with one attached hydrogen (secondary N) is 1. The molecule has 0 amide bonds. The summed E-state index contributed by atoms with van der Waals surface area (Å²) in [5.41, 5.74) is 5.66. The first-order valence-corrected chi connectivity index (χ1v) is 7.66. The first-order valence-electron chi connectivity index (χ1n) is 7.66. The van der Waals surface area contributed by atoms with Crippen molar-refractivity contribution in [3.8, 4) is 16.9 Å². The molecule has 1 aromatic heterocycles. The molecule has 3 heteroatoms. The first-order chi connectivity index (χ1) is 11.0. The zero-order valence-corrected chi connectivity index (χ0v) is 13.3. The average Bonchev–Trinajstić information content (AvgIpc) is 2.85. The van der Waals surface area contributed by atoms with Gasteiger partial charge in [-0.05, 0) is 55.7 Å². The van der Waals surface area contributed by atoms with Gasteiger partial charge in [-0.1, -0.05) is 18.2 Å². The number of aromatic hydroxyl groups is 1. The van der Waals surface area contributed by atoms with Crippen LogP contribution in [0.15, 0.2) is 41.2 Å². The zero-order valence-electron chi connectivity index (χ0n) is 13.3. The fraction of sp³-hybridized carbons (Fsp3) is 0.150. The molecule has 0 fully saturated rings. The third-order valence-electron chi connectivity index (χ3n) is 4.78. The highest BCUT2D eigenvalue weighted by Gasteiger charge is 2.18. The first kappa shape index (κ1) is 13.8. The van der Waals surface area contributed by atoms with E-state index in [0.717, 1.165) is 38.5 Å². The minimum Gasteiger partial charge on any atom is -0.507 e.